The van der Waals surface area contributed by atoms with E-state index in [4.69, 9.17) is 39.5 Å². The number of hydrogen-bond acceptors (Lipinski definition) is 5. The molecule has 0 bridgehead atoms. The summed E-state index contributed by atoms with van der Waals surface area (Å²) in [6.45, 7) is 4.91. The van der Waals surface area contributed by atoms with Gasteiger partial charge >= 0.3 is 0 Å². The number of aryl methyl sites for hydroxylation is 1. The number of nitrogens with one attached hydrogen (secondary N) is 1. The van der Waals surface area contributed by atoms with Crippen LogP contribution in [-0.4, -0.2) is 51.4 Å². The highest BCUT2D eigenvalue weighted by Crippen LogP contribution is 2.35. The number of anilines is 1. The molecule has 0 aromatic heterocycles. The molecule has 41 heavy (non-hydrogen) atoms. The maximum absolute atomic E-state index is 14.1. The summed E-state index contributed by atoms with van der Waals surface area (Å²) in [6, 6.07) is 14.6. The molecule has 12 heteroatoms. The van der Waals surface area contributed by atoms with E-state index in [0.29, 0.717) is 28.6 Å². The van der Waals surface area contributed by atoms with Crippen molar-refractivity contribution in [1.29, 1.82) is 0 Å². The molecule has 0 radical (unpaired) electrons. The molecule has 0 saturated heterocycles. The Bertz CT molecular complexity index is 1480. The molecule has 0 spiro atoms. The van der Waals surface area contributed by atoms with Crippen LogP contribution in [0.3, 0.4) is 0 Å². The summed E-state index contributed by atoms with van der Waals surface area (Å²) in [5.74, 6) is -0.887. The number of nitrogens with zero attached hydrogens (tertiary/aromatic N) is 2. The molecule has 8 nitrogen and oxygen atoms in total. The molecule has 0 heterocycles. The van der Waals surface area contributed by atoms with Gasteiger partial charge in [0.05, 0.1) is 17.7 Å². The summed E-state index contributed by atoms with van der Waals surface area (Å²) in [4.78, 5) is 28.3. The minimum absolute atomic E-state index is 0.0348. The molecule has 220 valence electrons. The van der Waals surface area contributed by atoms with Crippen LogP contribution in [0.25, 0.3) is 0 Å². The van der Waals surface area contributed by atoms with Gasteiger partial charge in [-0.25, -0.2) is 8.42 Å². The lowest BCUT2D eigenvalue weighted by molar-refractivity contribution is -0.139. The number of ether oxygens (including phenoxy) is 1. The number of amides is 2. The fourth-order valence-corrected chi connectivity index (χ4v) is 6.14. The van der Waals surface area contributed by atoms with Gasteiger partial charge in [-0.15, -0.1) is 0 Å². The van der Waals surface area contributed by atoms with E-state index in [1.807, 2.05) is 13.8 Å². The van der Waals surface area contributed by atoms with Crippen LogP contribution in [0, 0.1) is 6.92 Å². The molecule has 2 amide bonds. The van der Waals surface area contributed by atoms with Crippen LogP contribution < -0.4 is 14.4 Å². The Kier molecular flexibility index (Phi) is 11.3. The number of sulfonamides is 1. The van der Waals surface area contributed by atoms with Crippen LogP contribution in [0.2, 0.25) is 15.1 Å². The highest BCUT2D eigenvalue weighted by molar-refractivity contribution is 7.92. The number of halogens is 3. The second-order valence-corrected chi connectivity index (χ2v) is 12.4. The van der Waals surface area contributed by atoms with Gasteiger partial charge in [0.15, 0.2) is 0 Å². The van der Waals surface area contributed by atoms with Crippen LogP contribution in [-0.2, 0) is 26.2 Å². The largest absolute Gasteiger partial charge is 0.495 e. The van der Waals surface area contributed by atoms with Gasteiger partial charge in [-0.3, -0.25) is 13.9 Å². The number of hydrogen-bond donors (Lipinski definition) is 1. The molecule has 0 unspecified atom stereocenters. The van der Waals surface area contributed by atoms with Crippen LogP contribution in [0.15, 0.2) is 65.6 Å². The second-order valence-electron chi connectivity index (χ2n) is 9.33. The number of rotatable bonds is 12. The molecule has 3 aromatic rings. The molecular weight excluding hydrogens is 609 g/mol. The standard InChI is InChI=1S/C29H32Cl3N3O5S/c1-5-15-33-29(37)20(3)34(17-23-24(31)7-6-8-25(23)32)28(36)18-35(26-16-21(30)11-14-27(26)40-4)41(38,39)22-12-9-19(2)10-13-22/h6-14,16,20H,5,15,17-18H2,1-4H3,(H,33,37)/t20-/m0/s1. The van der Waals surface area contributed by atoms with Gasteiger partial charge in [-0.05, 0) is 62.7 Å². The lowest BCUT2D eigenvalue weighted by atomic mass is 10.1. The highest BCUT2D eigenvalue weighted by Gasteiger charge is 2.34. The van der Waals surface area contributed by atoms with Gasteiger partial charge in [0, 0.05) is 33.7 Å². The summed E-state index contributed by atoms with van der Waals surface area (Å²) < 4.78 is 34.4. The van der Waals surface area contributed by atoms with E-state index in [9.17, 15) is 18.0 Å². The van der Waals surface area contributed by atoms with Crippen molar-refractivity contribution in [1.82, 2.24) is 10.2 Å². The topological polar surface area (TPSA) is 96.0 Å². The smallest absolute Gasteiger partial charge is 0.264 e. The predicted octanol–water partition coefficient (Wildman–Crippen LogP) is 6.10. The third-order valence-electron chi connectivity index (χ3n) is 6.40. The van der Waals surface area contributed by atoms with E-state index >= 15 is 0 Å². The summed E-state index contributed by atoms with van der Waals surface area (Å²) >= 11 is 19.1. The fourth-order valence-electron chi connectivity index (χ4n) is 4.04. The van der Waals surface area contributed by atoms with E-state index in [2.05, 4.69) is 5.32 Å². The molecule has 0 aliphatic rings. The Morgan fingerprint density at radius 1 is 1.00 bits per heavy atom. The normalized spacial score (nSPS) is 12.0. The number of benzene rings is 3. The van der Waals surface area contributed by atoms with Gasteiger partial charge in [-0.2, -0.15) is 0 Å². The minimum atomic E-state index is -4.30. The van der Waals surface area contributed by atoms with E-state index in [0.717, 1.165) is 9.87 Å². The zero-order valence-electron chi connectivity index (χ0n) is 23.2. The SMILES string of the molecule is CCCNC(=O)[C@H](C)N(Cc1c(Cl)cccc1Cl)C(=O)CN(c1cc(Cl)ccc1OC)S(=O)(=O)c1ccc(C)cc1. The van der Waals surface area contributed by atoms with Crippen molar-refractivity contribution >= 4 is 62.3 Å². The number of carbonyl (C=O) groups excluding carboxylic acids is 2. The molecule has 0 fully saturated rings. The summed E-state index contributed by atoms with van der Waals surface area (Å²) in [6.07, 6.45) is 0.694. The Morgan fingerprint density at radius 3 is 2.22 bits per heavy atom. The van der Waals surface area contributed by atoms with E-state index in [1.54, 1.807) is 43.3 Å². The predicted molar refractivity (Wildman–Crippen MR) is 163 cm³/mol. The summed E-state index contributed by atoms with van der Waals surface area (Å²) in [5.41, 5.74) is 1.35. The van der Waals surface area contributed by atoms with Gasteiger partial charge in [0.25, 0.3) is 10.0 Å². The highest BCUT2D eigenvalue weighted by atomic mass is 35.5. The minimum Gasteiger partial charge on any atom is -0.495 e. The maximum atomic E-state index is 14.1. The Labute approximate surface area is 256 Å². The molecule has 0 saturated carbocycles. The van der Waals surface area contributed by atoms with Crippen molar-refractivity contribution in [3.05, 3.63) is 86.9 Å². The average molecular weight is 641 g/mol. The molecular formula is C29H32Cl3N3O5S. The number of methoxy groups -OCH3 is 1. The van der Waals surface area contributed by atoms with Crippen molar-refractivity contribution < 1.29 is 22.7 Å². The van der Waals surface area contributed by atoms with E-state index < -0.39 is 34.4 Å². The molecule has 0 aliphatic heterocycles. The Hall–Kier alpha value is -2.98. The van der Waals surface area contributed by atoms with Crippen LogP contribution in [0.4, 0.5) is 5.69 Å². The van der Waals surface area contributed by atoms with Crippen LogP contribution in [0.1, 0.15) is 31.4 Å². The van der Waals surface area contributed by atoms with Crippen molar-refractivity contribution in [2.24, 2.45) is 0 Å². The summed E-state index contributed by atoms with van der Waals surface area (Å²) in [7, 11) is -2.92. The van der Waals surface area contributed by atoms with Crippen molar-refractivity contribution in [3.63, 3.8) is 0 Å². The molecule has 0 aliphatic carbocycles. The monoisotopic (exact) mass is 639 g/mol. The third kappa shape index (κ3) is 7.86. The average Bonchev–Trinajstić information content (AvgIpc) is 2.94. The molecule has 3 aromatic carbocycles. The second kappa shape index (κ2) is 14.3. The van der Waals surface area contributed by atoms with Crippen molar-refractivity contribution in [3.8, 4) is 5.75 Å². The van der Waals surface area contributed by atoms with Crippen molar-refractivity contribution in [2.45, 2.75) is 44.7 Å². The van der Waals surface area contributed by atoms with E-state index in [1.165, 1.54) is 36.3 Å². The molecule has 1 atom stereocenters. The lowest BCUT2D eigenvalue weighted by Crippen LogP contribution is -2.51. The van der Waals surface area contributed by atoms with Gasteiger partial charge in [0.2, 0.25) is 11.8 Å². The van der Waals surface area contributed by atoms with Crippen molar-refractivity contribution in [2.75, 3.05) is 24.5 Å². The Balaban J connectivity index is 2.13. The molecule has 1 N–H and O–H groups in total. The third-order valence-corrected chi connectivity index (χ3v) is 9.12. The van der Waals surface area contributed by atoms with Crippen LogP contribution in [0.5, 0.6) is 5.75 Å². The maximum Gasteiger partial charge on any atom is 0.264 e. The lowest BCUT2D eigenvalue weighted by Gasteiger charge is -2.32. The number of carbonyl (C=O) groups is 2. The quantitative estimate of drug-likeness (QED) is 0.258. The first-order valence-corrected chi connectivity index (χ1v) is 15.4. The van der Waals surface area contributed by atoms with Crippen LogP contribution >= 0.6 is 34.8 Å². The first kappa shape index (κ1) is 32.5. The Morgan fingerprint density at radius 2 is 1.63 bits per heavy atom. The van der Waals surface area contributed by atoms with Gasteiger partial charge in [-0.1, -0.05) is 65.5 Å². The summed E-state index contributed by atoms with van der Waals surface area (Å²) in [5, 5.41) is 3.63. The van der Waals surface area contributed by atoms with Gasteiger partial charge in [0.1, 0.15) is 18.3 Å². The zero-order valence-corrected chi connectivity index (χ0v) is 26.2. The first-order chi connectivity index (χ1) is 19.4. The fraction of sp³-hybridized carbons (Fsp3) is 0.310. The zero-order chi connectivity index (χ0) is 30.3. The molecule has 3 rings (SSSR count). The van der Waals surface area contributed by atoms with Gasteiger partial charge < -0.3 is 15.0 Å². The first-order valence-electron chi connectivity index (χ1n) is 12.8. The van der Waals surface area contributed by atoms with E-state index in [-0.39, 0.29) is 27.9 Å².